The Balaban J connectivity index is 1.61. The SMILES string of the molecule is COc1cccc(NC(=S)Nc2ccn(Cc3ccccc3Cl)n2)c1. The van der Waals surface area contributed by atoms with Crippen LogP contribution in [-0.4, -0.2) is 22.0 Å². The molecule has 0 unspecified atom stereocenters. The minimum atomic E-state index is 0.455. The lowest BCUT2D eigenvalue weighted by Crippen LogP contribution is -2.19. The fraction of sp³-hybridized carbons (Fsp3) is 0.111. The molecule has 0 saturated heterocycles. The van der Waals surface area contributed by atoms with Crippen LogP contribution in [0.3, 0.4) is 0 Å². The molecular formula is C18H17ClN4OS. The maximum Gasteiger partial charge on any atom is 0.176 e. The average molecular weight is 373 g/mol. The van der Waals surface area contributed by atoms with E-state index >= 15 is 0 Å². The number of thiocarbonyl (C=S) groups is 1. The van der Waals surface area contributed by atoms with Crippen molar-refractivity contribution in [3.05, 3.63) is 71.4 Å². The van der Waals surface area contributed by atoms with Crippen molar-refractivity contribution in [3.8, 4) is 5.75 Å². The fourth-order valence-corrected chi connectivity index (χ4v) is 2.71. The summed E-state index contributed by atoms with van der Waals surface area (Å²) in [7, 11) is 1.63. The molecule has 5 nitrogen and oxygen atoms in total. The first-order chi connectivity index (χ1) is 12.1. The van der Waals surface area contributed by atoms with E-state index < -0.39 is 0 Å². The first-order valence-electron chi connectivity index (χ1n) is 7.63. The summed E-state index contributed by atoms with van der Waals surface area (Å²) >= 11 is 11.5. The lowest BCUT2D eigenvalue weighted by atomic mass is 10.2. The van der Waals surface area contributed by atoms with Crippen LogP contribution in [0.2, 0.25) is 5.02 Å². The Morgan fingerprint density at radius 2 is 2.00 bits per heavy atom. The molecule has 0 fully saturated rings. The Morgan fingerprint density at radius 3 is 2.80 bits per heavy atom. The summed E-state index contributed by atoms with van der Waals surface area (Å²) < 4.78 is 7.00. The first kappa shape index (κ1) is 17.3. The standard InChI is InChI=1S/C18H17ClN4OS/c1-24-15-7-4-6-14(11-15)20-18(25)21-17-9-10-23(22-17)12-13-5-2-3-8-16(13)19/h2-11H,12H2,1H3,(H2,20,21,22,25). The van der Waals surface area contributed by atoms with Gasteiger partial charge in [0.2, 0.25) is 0 Å². The van der Waals surface area contributed by atoms with Gasteiger partial charge < -0.3 is 15.4 Å². The van der Waals surface area contributed by atoms with Gasteiger partial charge in [-0.2, -0.15) is 5.10 Å². The van der Waals surface area contributed by atoms with Crippen LogP contribution in [0, 0.1) is 0 Å². The van der Waals surface area contributed by atoms with Crippen molar-refractivity contribution in [3.63, 3.8) is 0 Å². The van der Waals surface area contributed by atoms with Crippen LogP contribution in [0.4, 0.5) is 11.5 Å². The molecule has 0 bridgehead atoms. The molecule has 128 valence electrons. The van der Waals surface area contributed by atoms with Crippen LogP contribution in [0.5, 0.6) is 5.75 Å². The summed E-state index contributed by atoms with van der Waals surface area (Å²) in [4.78, 5) is 0. The number of hydrogen-bond donors (Lipinski definition) is 2. The third kappa shape index (κ3) is 4.71. The van der Waals surface area contributed by atoms with E-state index in [0.717, 1.165) is 22.0 Å². The number of benzene rings is 2. The molecule has 2 N–H and O–H groups in total. The highest BCUT2D eigenvalue weighted by molar-refractivity contribution is 7.80. The van der Waals surface area contributed by atoms with Gasteiger partial charge in [-0.05, 0) is 36.0 Å². The summed E-state index contributed by atoms with van der Waals surface area (Å²) in [6.45, 7) is 0.595. The van der Waals surface area contributed by atoms with Gasteiger partial charge in [0.1, 0.15) is 5.75 Å². The highest BCUT2D eigenvalue weighted by Gasteiger charge is 2.05. The topological polar surface area (TPSA) is 51.1 Å². The maximum absolute atomic E-state index is 6.18. The molecule has 0 radical (unpaired) electrons. The minimum absolute atomic E-state index is 0.455. The number of halogens is 1. The third-order valence-electron chi connectivity index (χ3n) is 3.50. The van der Waals surface area contributed by atoms with Gasteiger partial charge in [0.05, 0.1) is 13.7 Å². The van der Waals surface area contributed by atoms with Gasteiger partial charge in [-0.25, -0.2) is 0 Å². The normalized spacial score (nSPS) is 10.3. The molecule has 3 aromatic rings. The van der Waals surface area contributed by atoms with Crippen molar-refractivity contribution in [2.24, 2.45) is 0 Å². The van der Waals surface area contributed by atoms with Crippen molar-refractivity contribution in [1.29, 1.82) is 0 Å². The average Bonchev–Trinajstić information content (AvgIpc) is 3.04. The maximum atomic E-state index is 6.18. The van der Waals surface area contributed by atoms with Gasteiger partial charge >= 0.3 is 0 Å². The smallest absolute Gasteiger partial charge is 0.176 e. The molecular weight excluding hydrogens is 356 g/mol. The summed E-state index contributed by atoms with van der Waals surface area (Å²) in [6, 6.07) is 17.1. The van der Waals surface area contributed by atoms with E-state index in [1.165, 1.54) is 0 Å². The number of aromatic nitrogens is 2. The zero-order valence-electron chi connectivity index (χ0n) is 13.6. The Morgan fingerprint density at radius 1 is 1.16 bits per heavy atom. The molecule has 1 heterocycles. The summed E-state index contributed by atoms with van der Waals surface area (Å²) in [6.07, 6.45) is 1.87. The highest BCUT2D eigenvalue weighted by Crippen LogP contribution is 2.18. The molecule has 0 saturated carbocycles. The van der Waals surface area contributed by atoms with E-state index in [1.807, 2.05) is 60.8 Å². The minimum Gasteiger partial charge on any atom is -0.497 e. The van der Waals surface area contributed by atoms with Gasteiger partial charge in [-0.15, -0.1) is 0 Å². The van der Waals surface area contributed by atoms with E-state index in [9.17, 15) is 0 Å². The summed E-state index contributed by atoms with van der Waals surface area (Å²) in [5.41, 5.74) is 1.85. The van der Waals surface area contributed by atoms with E-state index in [-0.39, 0.29) is 0 Å². The quantitative estimate of drug-likeness (QED) is 0.650. The second-order valence-electron chi connectivity index (χ2n) is 5.30. The first-order valence-corrected chi connectivity index (χ1v) is 8.41. The number of anilines is 2. The highest BCUT2D eigenvalue weighted by atomic mass is 35.5. The van der Waals surface area contributed by atoms with Crippen molar-refractivity contribution in [2.45, 2.75) is 6.54 Å². The monoisotopic (exact) mass is 372 g/mol. The van der Waals surface area contributed by atoms with E-state index in [0.29, 0.717) is 17.5 Å². The van der Waals surface area contributed by atoms with Crippen molar-refractivity contribution < 1.29 is 4.74 Å². The third-order valence-corrected chi connectivity index (χ3v) is 4.07. The zero-order chi connectivity index (χ0) is 17.6. The summed E-state index contributed by atoms with van der Waals surface area (Å²) in [5, 5.41) is 11.8. The van der Waals surface area contributed by atoms with Crippen molar-refractivity contribution in [2.75, 3.05) is 17.7 Å². The Labute approximate surface area is 156 Å². The van der Waals surface area contributed by atoms with Crippen molar-refractivity contribution >= 4 is 40.4 Å². The Kier molecular flexibility index (Phi) is 5.53. The van der Waals surface area contributed by atoms with Crippen molar-refractivity contribution in [1.82, 2.24) is 9.78 Å². The van der Waals surface area contributed by atoms with Gasteiger partial charge in [0.15, 0.2) is 10.9 Å². The van der Waals surface area contributed by atoms with Gasteiger partial charge in [0.25, 0.3) is 0 Å². The predicted octanol–water partition coefficient (Wildman–Crippen LogP) is 4.40. The van der Waals surface area contributed by atoms with Gasteiger partial charge in [-0.1, -0.05) is 35.9 Å². The fourth-order valence-electron chi connectivity index (χ4n) is 2.30. The number of ether oxygens (including phenoxy) is 1. The van der Waals surface area contributed by atoms with E-state index in [4.69, 9.17) is 28.6 Å². The van der Waals surface area contributed by atoms with Crippen LogP contribution in [0.25, 0.3) is 0 Å². The van der Waals surface area contributed by atoms with Crippen LogP contribution in [0.15, 0.2) is 60.8 Å². The molecule has 0 aliphatic carbocycles. The number of hydrogen-bond acceptors (Lipinski definition) is 3. The van der Waals surface area contributed by atoms with Crippen LogP contribution >= 0.6 is 23.8 Å². The van der Waals surface area contributed by atoms with E-state index in [1.54, 1.807) is 11.8 Å². The second kappa shape index (κ2) is 8.00. The lowest BCUT2D eigenvalue weighted by Gasteiger charge is -2.09. The molecule has 0 aliphatic rings. The molecule has 0 amide bonds. The molecule has 7 heteroatoms. The molecule has 2 aromatic carbocycles. The Bertz CT molecular complexity index is 881. The lowest BCUT2D eigenvalue weighted by molar-refractivity contribution is 0.415. The van der Waals surface area contributed by atoms with Crippen LogP contribution < -0.4 is 15.4 Å². The number of nitrogens with zero attached hydrogens (tertiary/aromatic N) is 2. The zero-order valence-corrected chi connectivity index (χ0v) is 15.1. The molecule has 0 atom stereocenters. The largest absolute Gasteiger partial charge is 0.497 e. The predicted molar refractivity (Wildman–Crippen MR) is 106 cm³/mol. The number of methoxy groups -OCH3 is 1. The summed E-state index contributed by atoms with van der Waals surface area (Å²) in [5.74, 6) is 1.42. The molecule has 1 aromatic heterocycles. The van der Waals surface area contributed by atoms with Crippen LogP contribution in [0.1, 0.15) is 5.56 Å². The second-order valence-corrected chi connectivity index (χ2v) is 6.12. The van der Waals surface area contributed by atoms with Gasteiger partial charge in [0, 0.05) is 29.0 Å². The molecule has 3 rings (SSSR count). The number of nitrogens with one attached hydrogen (secondary N) is 2. The Hall–Kier alpha value is -2.57. The number of rotatable bonds is 5. The van der Waals surface area contributed by atoms with Gasteiger partial charge in [-0.3, -0.25) is 4.68 Å². The molecule has 0 spiro atoms. The van der Waals surface area contributed by atoms with E-state index in [2.05, 4.69) is 15.7 Å². The van der Waals surface area contributed by atoms with Crippen LogP contribution in [-0.2, 0) is 6.54 Å². The molecule has 0 aliphatic heterocycles. The molecule has 25 heavy (non-hydrogen) atoms.